The van der Waals surface area contributed by atoms with Crippen LogP contribution in [0.3, 0.4) is 0 Å². The highest BCUT2D eigenvalue weighted by atomic mass is 32.3. The Morgan fingerprint density at radius 2 is 1.63 bits per heavy atom. The maximum Gasteiger partial charge on any atom is 0.290 e. The van der Waals surface area contributed by atoms with Gasteiger partial charge in [-0.25, -0.2) is 4.21 Å². The van der Waals surface area contributed by atoms with Crippen LogP contribution in [-0.2, 0) is 19.8 Å². The first-order valence-corrected chi connectivity index (χ1v) is 9.87. The molecule has 1 saturated heterocycles. The first kappa shape index (κ1) is 13.1. The summed E-state index contributed by atoms with van der Waals surface area (Å²) in [6.45, 7) is 0. The van der Waals surface area contributed by atoms with Gasteiger partial charge < -0.3 is 0 Å². The Kier molecular flexibility index (Phi) is 3.17. The molecule has 0 N–H and O–H groups in total. The number of hydrogen-bond acceptors (Lipinski definition) is 3. The van der Waals surface area contributed by atoms with Crippen molar-refractivity contribution in [2.45, 2.75) is 36.5 Å². The third-order valence-electron chi connectivity index (χ3n) is 3.64. The van der Waals surface area contributed by atoms with Gasteiger partial charge in [-0.15, -0.1) is 3.77 Å². The molecular formula is C13H17NO3S2. The molecule has 1 saturated carbocycles. The molecule has 2 aliphatic rings. The number of sulfonamides is 1. The Labute approximate surface area is 114 Å². The second kappa shape index (κ2) is 4.59. The molecule has 0 aromatic heterocycles. The molecule has 6 heteroatoms. The lowest BCUT2D eigenvalue weighted by molar-refractivity contribution is 0.598. The van der Waals surface area contributed by atoms with Crippen molar-refractivity contribution in [2.24, 2.45) is 3.77 Å². The quantitative estimate of drug-likeness (QED) is 0.861. The van der Waals surface area contributed by atoms with E-state index < -0.39 is 19.8 Å². The molecule has 1 aliphatic carbocycles. The van der Waals surface area contributed by atoms with E-state index in [0.29, 0.717) is 17.4 Å². The first-order valence-electron chi connectivity index (χ1n) is 6.57. The molecule has 0 spiro atoms. The van der Waals surface area contributed by atoms with E-state index in [4.69, 9.17) is 0 Å². The Balaban J connectivity index is 1.93. The fourth-order valence-electron chi connectivity index (χ4n) is 2.38. The molecule has 3 rings (SSSR count). The summed E-state index contributed by atoms with van der Waals surface area (Å²) in [5, 5.41) is 0. The topological polar surface area (TPSA) is 63.6 Å². The molecule has 4 nitrogen and oxygen atoms in total. The van der Waals surface area contributed by atoms with Crippen molar-refractivity contribution >= 4 is 19.8 Å². The van der Waals surface area contributed by atoms with E-state index in [2.05, 4.69) is 3.77 Å². The van der Waals surface area contributed by atoms with Gasteiger partial charge in [0.25, 0.3) is 10.0 Å². The molecular weight excluding hydrogens is 282 g/mol. The van der Waals surface area contributed by atoms with Gasteiger partial charge in [-0.05, 0) is 49.3 Å². The summed E-state index contributed by atoms with van der Waals surface area (Å²) < 4.78 is 40.2. The van der Waals surface area contributed by atoms with Crippen LogP contribution in [0.5, 0.6) is 0 Å². The molecule has 104 valence electrons. The molecule has 1 aromatic carbocycles. The van der Waals surface area contributed by atoms with Gasteiger partial charge in [0.1, 0.15) is 0 Å². The summed E-state index contributed by atoms with van der Waals surface area (Å²) >= 11 is 0. The Morgan fingerprint density at radius 1 is 1.05 bits per heavy atom. The van der Waals surface area contributed by atoms with Gasteiger partial charge in [0, 0.05) is 11.5 Å². The van der Waals surface area contributed by atoms with Crippen molar-refractivity contribution in [3.63, 3.8) is 0 Å². The van der Waals surface area contributed by atoms with Crippen molar-refractivity contribution in [3.8, 4) is 0 Å². The zero-order chi connectivity index (χ0) is 13.5. The highest BCUT2D eigenvalue weighted by Crippen LogP contribution is 2.40. The van der Waals surface area contributed by atoms with Crippen molar-refractivity contribution in [2.75, 3.05) is 11.5 Å². The van der Waals surface area contributed by atoms with Crippen LogP contribution in [0.1, 0.15) is 37.2 Å². The van der Waals surface area contributed by atoms with Gasteiger partial charge in [0.15, 0.2) is 0 Å². The standard InChI is InChI=1S/C13H17NO3S2/c15-18(9-1-2-10-18)14-19(16,17)13-7-5-12(6-8-13)11-3-4-11/h5-8,11H,1-4,9-10H2. The summed E-state index contributed by atoms with van der Waals surface area (Å²) in [5.41, 5.74) is 1.18. The van der Waals surface area contributed by atoms with Gasteiger partial charge in [0.05, 0.1) is 14.6 Å². The predicted octanol–water partition coefficient (Wildman–Crippen LogP) is 2.51. The third kappa shape index (κ3) is 2.84. The summed E-state index contributed by atoms with van der Waals surface area (Å²) in [7, 11) is -6.31. The maximum atomic E-state index is 12.2. The lowest BCUT2D eigenvalue weighted by Crippen LogP contribution is -2.07. The van der Waals surface area contributed by atoms with E-state index >= 15 is 0 Å². The maximum absolute atomic E-state index is 12.2. The minimum Gasteiger partial charge on any atom is -0.249 e. The van der Waals surface area contributed by atoms with Gasteiger partial charge in [-0.1, -0.05) is 12.1 Å². The van der Waals surface area contributed by atoms with E-state index in [1.807, 2.05) is 12.1 Å². The fourth-order valence-corrected chi connectivity index (χ4v) is 6.75. The van der Waals surface area contributed by atoms with Crippen LogP contribution in [-0.4, -0.2) is 24.1 Å². The normalized spacial score (nSPS) is 22.3. The molecule has 2 fully saturated rings. The number of benzene rings is 1. The van der Waals surface area contributed by atoms with Crippen LogP contribution in [0.25, 0.3) is 0 Å². The fraction of sp³-hybridized carbons (Fsp3) is 0.538. The summed E-state index contributed by atoms with van der Waals surface area (Å²) in [5.74, 6) is 1.42. The average molecular weight is 299 g/mol. The molecule has 0 atom stereocenters. The van der Waals surface area contributed by atoms with Crippen LogP contribution < -0.4 is 0 Å². The van der Waals surface area contributed by atoms with Crippen molar-refractivity contribution in [1.29, 1.82) is 0 Å². The minimum atomic E-state index is -3.77. The zero-order valence-electron chi connectivity index (χ0n) is 10.6. The van der Waals surface area contributed by atoms with E-state index in [-0.39, 0.29) is 4.90 Å². The van der Waals surface area contributed by atoms with Crippen LogP contribution in [0.2, 0.25) is 0 Å². The second-order valence-corrected chi connectivity index (χ2v) is 9.66. The van der Waals surface area contributed by atoms with Crippen molar-refractivity contribution in [1.82, 2.24) is 0 Å². The smallest absolute Gasteiger partial charge is 0.249 e. The van der Waals surface area contributed by atoms with Gasteiger partial charge in [0.2, 0.25) is 0 Å². The molecule has 19 heavy (non-hydrogen) atoms. The molecule has 0 amide bonds. The molecule has 0 unspecified atom stereocenters. The van der Waals surface area contributed by atoms with Crippen molar-refractivity contribution in [3.05, 3.63) is 29.8 Å². The Morgan fingerprint density at radius 3 is 2.16 bits per heavy atom. The molecule has 0 radical (unpaired) electrons. The van der Waals surface area contributed by atoms with E-state index in [1.54, 1.807) is 12.1 Å². The minimum absolute atomic E-state index is 0.159. The van der Waals surface area contributed by atoms with Crippen LogP contribution in [0.15, 0.2) is 32.9 Å². The summed E-state index contributed by atoms with van der Waals surface area (Å²) in [6.07, 6.45) is 3.98. The SMILES string of the molecule is O=S(=O)(N=S1(=O)CCCC1)c1ccc(C2CC2)cc1. The monoisotopic (exact) mass is 299 g/mol. The highest BCUT2D eigenvalue weighted by molar-refractivity contribution is 8.03. The van der Waals surface area contributed by atoms with Crippen LogP contribution in [0.4, 0.5) is 0 Å². The average Bonchev–Trinajstić information content (AvgIpc) is 3.13. The lowest BCUT2D eigenvalue weighted by atomic mass is 10.1. The summed E-state index contributed by atoms with van der Waals surface area (Å²) in [6, 6.07) is 6.87. The predicted molar refractivity (Wildman–Crippen MR) is 75.1 cm³/mol. The lowest BCUT2D eigenvalue weighted by Gasteiger charge is -2.03. The van der Waals surface area contributed by atoms with Crippen LogP contribution >= 0.6 is 0 Å². The van der Waals surface area contributed by atoms with Gasteiger partial charge in [-0.3, -0.25) is 0 Å². The molecule has 0 bridgehead atoms. The number of hydrogen-bond donors (Lipinski definition) is 0. The zero-order valence-corrected chi connectivity index (χ0v) is 12.3. The number of rotatable bonds is 3. The third-order valence-corrected chi connectivity index (χ3v) is 8.23. The van der Waals surface area contributed by atoms with E-state index in [1.165, 1.54) is 18.4 Å². The molecule has 1 heterocycles. The van der Waals surface area contributed by atoms with E-state index in [0.717, 1.165) is 12.8 Å². The molecule has 1 aliphatic heterocycles. The van der Waals surface area contributed by atoms with Crippen molar-refractivity contribution < 1.29 is 12.6 Å². The van der Waals surface area contributed by atoms with Gasteiger partial charge >= 0.3 is 0 Å². The first-order chi connectivity index (χ1) is 8.99. The second-order valence-electron chi connectivity index (χ2n) is 5.28. The largest absolute Gasteiger partial charge is 0.290 e. The molecule has 1 aromatic rings. The highest BCUT2D eigenvalue weighted by Gasteiger charge is 2.25. The summed E-state index contributed by atoms with van der Waals surface area (Å²) in [4.78, 5) is 0.159. The van der Waals surface area contributed by atoms with E-state index in [9.17, 15) is 12.6 Å². The Bertz CT molecular complexity index is 682. The number of nitrogens with zero attached hydrogens (tertiary/aromatic N) is 1. The van der Waals surface area contributed by atoms with Gasteiger partial charge in [-0.2, -0.15) is 8.42 Å². The van der Waals surface area contributed by atoms with Crippen LogP contribution in [0, 0.1) is 0 Å². The Hall–Kier alpha value is -0.880.